The average Bonchev–Trinajstić information content (AvgIpc) is 2.79. The Bertz CT molecular complexity index is 738. The number of aryl methyl sites for hydroxylation is 1. The van der Waals surface area contributed by atoms with Crippen molar-refractivity contribution in [1.82, 2.24) is 9.55 Å². The number of rotatable bonds is 5. The van der Waals surface area contributed by atoms with Crippen LogP contribution in [-0.2, 0) is 6.73 Å². The van der Waals surface area contributed by atoms with Crippen molar-refractivity contribution in [2.24, 2.45) is 0 Å². The van der Waals surface area contributed by atoms with Gasteiger partial charge in [0.25, 0.3) is 5.69 Å². The summed E-state index contributed by atoms with van der Waals surface area (Å²) in [4.78, 5) is 24.1. The van der Waals surface area contributed by atoms with E-state index in [1.165, 1.54) is 4.57 Å². The minimum absolute atomic E-state index is 0.00340. The van der Waals surface area contributed by atoms with E-state index in [2.05, 4.69) is 4.98 Å². The van der Waals surface area contributed by atoms with E-state index < -0.39 is 9.85 Å². The molecule has 0 spiro atoms. The molecule has 0 atom stereocenters. The van der Waals surface area contributed by atoms with E-state index in [4.69, 9.17) is 27.9 Å². The van der Waals surface area contributed by atoms with Gasteiger partial charge in [-0.25, -0.2) is 4.98 Å². The molecule has 0 amide bonds. The lowest BCUT2D eigenvalue weighted by Crippen LogP contribution is -2.10. The molecule has 1 aromatic carbocycles. The van der Waals surface area contributed by atoms with Crippen LogP contribution in [0, 0.1) is 27.2 Å². The summed E-state index contributed by atoms with van der Waals surface area (Å²) >= 11 is 11.8. The van der Waals surface area contributed by atoms with Crippen LogP contribution >= 0.6 is 23.2 Å². The number of nitro groups is 2. The molecule has 0 fully saturated rings. The summed E-state index contributed by atoms with van der Waals surface area (Å²) in [5.74, 6) is 0.101. The van der Waals surface area contributed by atoms with Crippen molar-refractivity contribution < 1.29 is 14.6 Å². The third kappa shape index (κ3) is 3.10. The van der Waals surface area contributed by atoms with Gasteiger partial charge in [0.1, 0.15) is 6.20 Å². The smallest absolute Gasteiger partial charge is 0.345 e. The van der Waals surface area contributed by atoms with Gasteiger partial charge in [-0.2, -0.15) is 4.57 Å². The second kappa shape index (κ2) is 6.16. The largest absolute Gasteiger partial charge is 0.451 e. The Kier molecular flexibility index (Phi) is 4.48. The monoisotopic (exact) mass is 346 g/mol. The Labute approximate surface area is 133 Å². The molecule has 0 aliphatic carbocycles. The second-order valence-corrected chi connectivity index (χ2v) is 4.93. The summed E-state index contributed by atoms with van der Waals surface area (Å²) in [7, 11) is 0. The standard InChI is InChI=1S/C11H8Cl2N4O5/c1-6-14-4-10(17(20)21)15(6)5-22-11-8(12)2-7(16(18)19)3-9(11)13/h2-4H,5H2,1H3. The fraction of sp³-hybridized carbons (Fsp3) is 0.182. The first-order chi connectivity index (χ1) is 10.3. The normalized spacial score (nSPS) is 10.5. The number of benzene rings is 1. The predicted molar refractivity (Wildman–Crippen MR) is 77.4 cm³/mol. The van der Waals surface area contributed by atoms with Crippen molar-refractivity contribution in [3.8, 4) is 5.75 Å². The number of ether oxygens (including phenoxy) is 1. The van der Waals surface area contributed by atoms with E-state index in [0.29, 0.717) is 5.82 Å². The number of halogens is 2. The molecule has 0 aliphatic heterocycles. The van der Waals surface area contributed by atoms with E-state index in [0.717, 1.165) is 18.3 Å². The molecule has 11 heteroatoms. The minimum atomic E-state index is -0.646. The molecule has 0 unspecified atom stereocenters. The van der Waals surface area contributed by atoms with Crippen LogP contribution < -0.4 is 4.74 Å². The van der Waals surface area contributed by atoms with E-state index in [1.807, 2.05) is 0 Å². The molecular weight excluding hydrogens is 339 g/mol. The second-order valence-electron chi connectivity index (χ2n) is 4.12. The Hall–Kier alpha value is -2.39. The first-order valence-electron chi connectivity index (χ1n) is 5.74. The van der Waals surface area contributed by atoms with Crippen molar-refractivity contribution in [2.75, 3.05) is 0 Å². The highest BCUT2D eigenvalue weighted by molar-refractivity contribution is 6.37. The molecular formula is C11H8Cl2N4O5. The van der Waals surface area contributed by atoms with Crippen LogP contribution in [-0.4, -0.2) is 19.4 Å². The summed E-state index contributed by atoms with van der Waals surface area (Å²) < 4.78 is 6.55. The summed E-state index contributed by atoms with van der Waals surface area (Å²) in [6.45, 7) is 1.30. The quantitative estimate of drug-likeness (QED) is 0.605. The van der Waals surface area contributed by atoms with Gasteiger partial charge in [0.05, 0.1) is 15.0 Å². The van der Waals surface area contributed by atoms with Gasteiger partial charge in [0, 0.05) is 19.1 Å². The fourth-order valence-electron chi connectivity index (χ4n) is 1.68. The highest BCUT2D eigenvalue weighted by Crippen LogP contribution is 2.37. The average molecular weight is 347 g/mol. The molecule has 0 N–H and O–H groups in total. The van der Waals surface area contributed by atoms with E-state index in [-0.39, 0.29) is 34.0 Å². The summed E-state index contributed by atoms with van der Waals surface area (Å²) in [6, 6.07) is 2.16. The van der Waals surface area contributed by atoms with Crippen molar-refractivity contribution in [3.05, 3.63) is 54.4 Å². The lowest BCUT2D eigenvalue weighted by atomic mass is 10.3. The van der Waals surface area contributed by atoms with E-state index >= 15 is 0 Å². The fourth-order valence-corrected chi connectivity index (χ4v) is 2.27. The Morgan fingerprint density at radius 2 is 1.82 bits per heavy atom. The lowest BCUT2D eigenvalue weighted by Gasteiger charge is -2.09. The Morgan fingerprint density at radius 3 is 2.32 bits per heavy atom. The third-order valence-corrected chi connectivity index (χ3v) is 3.31. The van der Waals surface area contributed by atoms with Crippen LogP contribution in [0.5, 0.6) is 5.75 Å². The molecule has 0 aliphatic rings. The van der Waals surface area contributed by atoms with Crippen molar-refractivity contribution >= 4 is 34.7 Å². The van der Waals surface area contributed by atoms with E-state index in [1.54, 1.807) is 6.92 Å². The Balaban J connectivity index is 2.28. The van der Waals surface area contributed by atoms with E-state index in [9.17, 15) is 20.2 Å². The number of hydrogen-bond donors (Lipinski definition) is 0. The summed E-state index contributed by atoms with van der Waals surface area (Å²) in [5, 5.41) is 21.4. The first-order valence-corrected chi connectivity index (χ1v) is 6.49. The molecule has 0 radical (unpaired) electrons. The van der Waals surface area contributed by atoms with Crippen LogP contribution in [0.2, 0.25) is 10.0 Å². The number of nitro benzene ring substituents is 1. The highest BCUT2D eigenvalue weighted by atomic mass is 35.5. The van der Waals surface area contributed by atoms with Crippen molar-refractivity contribution in [1.29, 1.82) is 0 Å². The summed E-state index contributed by atoms with van der Waals surface area (Å²) in [5.41, 5.74) is -0.285. The topological polar surface area (TPSA) is 113 Å². The first kappa shape index (κ1) is 16.0. The molecule has 2 rings (SSSR count). The predicted octanol–water partition coefficient (Wildman–Crippen LogP) is 3.35. The van der Waals surface area contributed by atoms with Gasteiger partial charge >= 0.3 is 5.82 Å². The maximum atomic E-state index is 10.9. The molecule has 22 heavy (non-hydrogen) atoms. The van der Waals surface area contributed by atoms with Gasteiger partial charge < -0.3 is 14.9 Å². The van der Waals surface area contributed by atoms with Gasteiger partial charge in [0.15, 0.2) is 11.6 Å². The van der Waals surface area contributed by atoms with Crippen LogP contribution in [0.4, 0.5) is 11.5 Å². The van der Waals surface area contributed by atoms with Crippen LogP contribution in [0.15, 0.2) is 18.3 Å². The zero-order valence-electron chi connectivity index (χ0n) is 11.0. The van der Waals surface area contributed by atoms with Gasteiger partial charge in [-0.3, -0.25) is 10.1 Å². The molecule has 1 heterocycles. The molecule has 9 nitrogen and oxygen atoms in total. The zero-order chi connectivity index (χ0) is 16.4. The molecule has 0 saturated carbocycles. The maximum absolute atomic E-state index is 10.9. The molecule has 0 bridgehead atoms. The number of hydrogen-bond acceptors (Lipinski definition) is 6. The summed E-state index contributed by atoms with van der Waals surface area (Å²) in [6.07, 6.45) is 1.09. The van der Waals surface area contributed by atoms with Crippen LogP contribution in [0.1, 0.15) is 5.82 Å². The number of aromatic nitrogens is 2. The number of nitrogens with zero attached hydrogens (tertiary/aromatic N) is 4. The SMILES string of the molecule is Cc1ncc([N+](=O)[O-])n1COc1c(Cl)cc([N+](=O)[O-])cc1Cl. The van der Waals surface area contributed by atoms with Crippen molar-refractivity contribution in [2.45, 2.75) is 13.7 Å². The van der Waals surface area contributed by atoms with Gasteiger partial charge in [0.2, 0.25) is 6.73 Å². The minimum Gasteiger partial charge on any atom is -0.451 e. The Morgan fingerprint density at radius 1 is 1.23 bits per heavy atom. The van der Waals surface area contributed by atoms with Gasteiger partial charge in [-0.15, -0.1) is 0 Å². The third-order valence-electron chi connectivity index (χ3n) is 2.75. The lowest BCUT2D eigenvalue weighted by molar-refractivity contribution is -0.392. The molecule has 1 aromatic heterocycles. The molecule has 0 saturated heterocycles. The number of non-ortho nitro benzene ring substituents is 1. The van der Waals surface area contributed by atoms with Crippen LogP contribution in [0.3, 0.4) is 0 Å². The molecule has 116 valence electrons. The highest BCUT2D eigenvalue weighted by Gasteiger charge is 2.20. The molecule has 2 aromatic rings. The van der Waals surface area contributed by atoms with Crippen molar-refractivity contribution in [3.63, 3.8) is 0 Å². The van der Waals surface area contributed by atoms with Gasteiger partial charge in [-0.05, 0) is 4.92 Å². The number of imidazole rings is 1. The van der Waals surface area contributed by atoms with Crippen LogP contribution in [0.25, 0.3) is 0 Å². The van der Waals surface area contributed by atoms with Gasteiger partial charge in [-0.1, -0.05) is 23.2 Å². The maximum Gasteiger partial charge on any atom is 0.345 e. The zero-order valence-corrected chi connectivity index (χ0v) is 12.5.